The molecule has 0 saturated heterocycles. The van der Waals surface area contributed by atoms with Crippen LogP contribution in [0.4, 0.5) is 14.5 Å². The predicted molar refractivity (Wildman–Crippen MR) is 67.0 cm³/mol. The number of benzene rings is 1. The van der Waals surface area contributed by atoms with E-state index in [-0.39, 0.29) is 5.69 Å². The molecule has 1 rings (SSSR count). The van der Waals surface area contributed by atoms with Crippen molar-refractivity contribution in [3.63, 3.8) is 0 Å². The molecular formula is C13H17F2NO3. The molecule has 0 aromatic heterocycles. The molecule has 0 aliphatic carbocycles. The van der Waals surface area contributed by atoms with E-state index in [2.05, 4.69) is 5.32 Å². The van der Waals surface area contributed by atoms with Gasteiger partial charge in [-0.15, -0.1) is 0 Å². The number of carbonyl (C=O) groups excluding carboxylic acids is 1. The Bertz CT molecular complexity index is 458. The van der Waals surface area contributed by atoms with Crippen molar-refractivity contribution in [2.75, 3.05) is 5.32 Å². The topological polar surface area (TPSA) is 58.6 Å². The molecule has 1 amide bonds. The highest BCUT2D eigenvalue weighted by Gasteiger charge is 2.20. The molecule has 0 bridgehead atoms. The van der Waals surface area contributed by atoms with Crippen molar-refractivity contribution in [2.45, 2.75) is 39.4 Å². The van der Waals surface area contributed by atoms with Crippen LogP contribution in [-0.4, -0.2) is 22.7 Å². The summed E-state index contributed by atoms with van der Waals surface area (Å²) in [5.74, 6) is -3.09. The first kappa shape index (κ1) is 15.4. The molecule has 1 unspecified atom stereocenters. The van der Waals surface area contributed by atoms with Crippen LogP contribution < -0.4 is 10.1 Å². The van der Waals surface area contributed by atoms with Gasteiger partial charge in [0.15, 0.2) is 17.4 Å². The molecule has 1 atom stereocenters. The summed E-state index contributed by atoms with van der Waals surface area (Å²) < 4.78 is 32.6. The van der Waals surface area contributed by atoms with Gasteiger partial charge in [-0.3, -0.25) is 4.79 Å². The fourth-order valence-corrected chi connectivity index (χ4v) is 1.28. The molecule has 0 radical (unpaired) electrons. The molecule has 0 saturated carbocycles. The molecule has 19 heavy (non-hydrogen) atoms. The molecule has 2 N–H and O–H groups in total. The Morgan fingerprint density at radius 2 is 1.79 bits per heavy atom. The van der Waals surface area contributed by atoms with Crippen LogP contribution in [0.3, 0.4) is 0 Å². The third-order valence-corrected chi connectivity index (χ3v) is 2.05. The Balaban J connectivity index is 3.00. The van der Waals surface area contributed by atoms with Crippen molar-refractivity contribution < 1.29 is 23.4 Å². The molecule has 0 heterocycles. The predicted octanol–water partition coefficient (Wildman–Crippen LogP) is 2.46. The number of aliphatic hydroxyl groups excluding tert-OH is 1. The fraction of sp³-hybridized carbons (Fsp3) is 0.462. The van der Waals surface area contributed by atoms with E-state index >= 15 is 0 Å². The van der Waals surface area contributed by atoms with Gasteiger partial charge >= 0.3 is 0 Å². The van der Waals surface area contributed by atoms with Gasteiger partial charge in [-0.25, -0.2) is 8.78 Å². The summed E-state index contributed by atoms with van der Waals surface area (Å²) in [7, 11) is 0. The summed E-state index contributed by atoms with van der Waals surface area (Å²) in [6, 6.07) is 1.87. The van der Waals surface area contributed by atoms with Gasteiger partial charge in [-0.2, -0.15) is 0 Å². The SMILES string of the molecule is CC(O)C(=O)Nc1cc(F)c(OC(C)(C)C)c(F)c1. The fourth-order valence-electron chi connectivity index (χ4n) is 1.28. The molecule has 1 aromatic rings. The maximum absolute atomic E-state index is 13.7. The van der Waals surface area contributed by atoms with Crippen LogP contribution in [0.5, 0.6) is 5.75 Å². The lowest BCUT2D eigenvalue weighted by Crippen LogP contribution is -2.25. The van der Waals surface area contributed by atoms with Crippen LogP contribution in [0.25, 0.3) is 0 Å². The highest BCUT2D eigenvalue weighted by molar-refractivity contribution is 5.93. The van der Waals surface area contributed by atoms with Crippen LogP contribution in [-0.2, 0) is 4.79 Å². The number of ether oxygens (including phenoxy) is 1. The van der Waals surface area contributed by atoms with E-state index in [4.69, 9.17) is 9.84 Å². The zero-order valence-electron chi connectivity index (χ0n) is 11.3. The molecular weight excluding hydrogens is 256 g/mol. The maximum Gasteiger partial charge on any atom is 0.252 e. The van der Waals surface area contributed by atoms with Crippen molar-refractivity contribution in [3.8, 4) is 5.75 Å². The Labute approximate surface area is 110 Å². The normalized spacial score (nSPS) is 13.0. The van der Waals surface area contributed by atoms with E-state index in [0.717, 1.165) is 12.1 Å². The number of halogens is 2. The van der Waals surface area contributed by atoms with Crippen molar-refractivity contribution in [1.82, 2.24) is 0 Å². The zero-order chi connectivity index (χ0) is 14.8. The number of hydrogen-bond donors (Lipinski definition) is 2. The Kier molecular flexibility index (Phi) is 4.47. The smallest absolute Gasteiger partial charge is 0.252 e. The van der Waals surface area contributed by atoms with E-state index in [1.807, 2.05) is 0 Å². The zero-order valence-corrected chi connectivity index (χ0v) is 11.3. The number of aliphatic hydroxyl groups is 1. The molecule has 0 fully saturated rings. The minimum atomic E-state index is -1.27. The van der Waals surface area contributed by atoms with Gasteiger partial charge in [-0.05, 0) is 27.7 Å². The molecule has 4 nitrogen and oxygen atoms in total. The highest BCUT2D eigenvalue weighted by Crippen LogP contribution is 2.28. The van der Waals surface area contributed by atoms with E-state index in [9.17, 15) is 13.6 Å². The number of carbonyl (C=O) groups is 1. The van der Waals surface area contributed by atoms with Crippen molar-refractivity contribution in [2.24, 2.45) is 0 Å². The Morgan fingerprint density at radius 1 is 1.32 bits per heavy atom. The second-order valence-corrected chi connectivity index (χ2v) is 5.15. The molecule has 0 aliphatic rings. The standard InChI is InChI=1S/C13H17F2NO3/c1-7(17)12(18)16-8-5-9(14)11(10(15)6-8)19-13(2,3)4/h5-7,17H,1-4H3,(H,16,18). The lowest BCUT2D eigenvalue weighted by molar-refractivity contribution is -0.123. The van der Waals surface area contributed by atoms with Crippen LogP contribution in [0.1, 0.15) is 27.7 Å². The number of hydrogen-bond acceptors (Lipinski definition) is 3. The number of nitrogens with one attached hydrogen (secondary N) is 1. The average Bonchev–Trinajstić information content (AvgIpc) is 2.22. The highest BCUT2D eigenvalue weighted by atomic mass is 19.1. The van der Waals surface area contributed by atoms with Gasteiger partial charge in [0.25, 0.3) is 5.91 Å². The lowest BCUT2D eigenvalue weighted by Gasteiger charge is -2.22. The monoisotopic (exact) mass is 273 g/mol. The minimum absolute atomic E-state index is 0.0813. The summed E-state index contributed by atoms with van der Waals surface area (Å²) in [5, 5.41) is 11.2. The average molecular weight is 273 g/mol. The summed E-state index contributed by atoms with van der Waals surface area (Å²) in [6.45, 7) is 6.23. The van der Waals surface area contributed by atoms with Crippen molar-refractivity contribution in [1.29, 1.82) is 0 Å². The first-order valence-electron chi connectivity index (χ1n) is 5.77. The summed E-state index contributed by atoms with van der Waals surface area (Å²) in [4.78, 5) is 11.2. The van der Waals surface area contributed by atoms with Gasteiger partial charge in [0.05, 0.1) is 0 Å². The molecule has 6 heteroatoms. The summed E-state index contributed by atoms with van der Waals surface area (Å²) >= 11 is 0. The molecule has 0 aliphatic heterocycles. The quantitative estimate of drug-likeness (QED) is 0.889. The first-order valence-corrected chi connectivity index (χ1v) is 5.77. The van der Waals surface area contributed by atoms with Gasteiger partial charge in [0.1, 0.15) is 11.7 Å². The van der Waals surface area contributed by atoms with E-state index in [1.165, 1.54) is 6.92 Å². The number of rotatable bonds is 3. The van der Waals surface area contributed by atoms with Crippen LogP contribution in [0, 0.1) is 11.6 Å². The summed E-state index contributed by atoms with van der Waals surface area (Å²) in [5.41, 5.74) is -0.825. The number of amides is 1. The first-order chi connectivity index (χ1) is 8.60. The Hall–Kier alpha value is -1.69. The van der Waals surface area contributed by atoms with E-state index in [1.54, 1.807) is 20.8 Å². The number of anilines is 1. The van der Waals surface area contributed by atoms with Gasteiger partial charge in [0, 0.05) is 17.8 Å². The van der Waals surface area contributed by atoms with Crippen molar-refractivity contribution in [3.05, 3.63) is 23.8 Å². The van der Waals surface area contributed by atoms with E-state index < -0.39 is 35.0 Å². The lowest BCUT2D eigenvalue weighted by atomic mass is 10.2. The van der Waals surface area contributed by atoms with Crippen LogP contribution >= 0.6 is 0 Å². The van der Waals surface area contributed by atoms with Gasteiger partial charge in [0.2, 0.25) is 0 Å². The third-order valence-electron chi connectivity index (χ3n) is 2.05. The molecule has 106 valence electrons. The Morgan fingerprint density at radius 3 is 2.16 bits per heavy atom. The van der Waals surface area contributed by atoms with Crippen molar-refractivity contribution >= 4 is 11.6 Å². The third kappa shape index (κ3) is 4.48. The molecule has 0 spiro atoms. The van der Waals surface area contributed by atoms with E-state index in [0.29, 0.717) is 0 Å². The van der Waals surface area contributed by atoms with Gasteiger partial charge < -0.3 is 15.2 Å². The van der Waals surface area contributed by atoms with Gasteiger partial charge in [-0.1, -0.05) is 0 Å². The largest absolute Gasteiger partial charge is 0.482 e. The second kappa shape index (κ2) is 5.52. The minimum Gasteiger partial charge on any atom is -0.482 e. The maximum atomic E-state index is 13.7. The molecule has 1 aromatic carbocycles. The second-order valence-electron chi connectivity index (χ2n) is 5.15. The van der Waals surface area contributed by atoms with Crippen LogP contribution in [0.15, 0.2) is 12.1 Å². The summed E-state index contributed by atoms with van der Waals surface area (Å²) in [6.07, 6.45) is -1.27. The van der Waals surface area contributed by atoms with Crippen LogP contribution in [0.2, 0.25) is 0 Å².